The third-order valence-electron chi connectivity index (χ3n) is 15.6. The molecule has 0 bridgehead atoms. The number of aromatic hydroxyl groups is 2. The minimum atomic E-state index is -0.208. The number of thioether (sulfide) groups is 2. The van der Waals surface area contributed by atoms with Crippen LogP contribution in [0.5, 0.6) is 11.5 Å². The molecule has 0 amide bonds. The van der Waals surface area contributed by atoms with Crippen LogP contribution in [0.15, 0.2) is 106 Å². The maximum Gasteiger partial charge on any atom is 0.165 e. The lowest BCUT2D eigenvalue weighted by atomic mass is 9.55. The molecule has 0 saturated heterocycles. The van der Waals surface area contributed by atoms with Crippen LogP contribution < -0.4 is 0 Å². The van der Waals surface area contributed by atoms with Gasteiger partial charge >= 0.3 is 0 Å². The molecule has 2 N–H and O–H groups in total. The van der Waals surface area contributed by atoms with Crippen LogP contribution in [0.2, 0.25) is 0 Å². The fourth-order valence-electron chi connectivity index (χ4n) is 12.5. The zero-order chi connectivity index (χ0) is 40.3. The second kappa shape index (κ2) is 15.6. The molecular weight excluding hydrogens is 753 g/mol. The maximum atomic E-state index is 13.4. The van der Waals surface area contributed by atoms with Crippen molar-refractivity contribution in [3.63, 3.8) is 0 Å². The first kappa shape index (κ1) is 39.5. The molecule has 4 aromatic carbocycles. The van der Waals surface area contributed by atoms with Gasteiger partial charge in [0.05, 0.1) is 0 Å². The number of ketones is 2. The van der Waals surface area contributed by atoms with Crippen LogP contribution in [0.3, 0.4) is 0 Å². The first-order chi connectivity index (χ1) is 28.0. The van der Waals surface area contributed by atoms with Gasteiger partial charge in [-0.2, -0.15) is 0 Å². The Kier molecular flexibility index (Phi) is 10.6. The molecule has 6 aliphatic carbocycles. The van der Waals surface area contributed by atoms with E-state index in [2.05, 4.69) is 99.2 Å². The van der Waals surface area contributed by atoms with Crippen LogP contribution in [0.25, 0.3) is 12.2 Å². The van der Waals surface area contributed by atoms with Gasteiger partial charge < -0.3 is 10.2 Å². The minimum Gasteiger partial charge on any atom is -0.508 e. The first-order valence-corrected chi connectivity index (χ1v) is 23.9. The molecule has 0 heterocycles. The minimum absolute atomic E-state index is 0.208. The molecule has 4 fully saturated rings. The van der Waals surface area contributed by atoms with Gasteiger partial charge in [-0.25, -0.2) is 0 Å². The van der Waals surface area contributed by atoms with Crippen molar-refractivity contribution in [3.05, 3.63) is 129 Å². The standard InChI is InChI=1S/2C26H28O2S/c2*1-26-12-11-22-21-10-6-19(27)14-17(21)5-9-23(22)24(26)15-18(25(26)28)13-16-3-7-20(29-2)8-4-16/h2*3-4,6-8,10,13-14,22-24,27H,5,9,11-12,15H2,1-2H3/b2*18-13+/t2*22-,23-,24+,26+/m11/s1. The average molecular weight is 809 g/mol. The summed E-state index contributed by atoms with van der Waals surface area (Å²) in [5.74, 6) is 4.58. The lowest BCUT2D eigenvalue weighted by molar-refractivity contribution is -0.127. The van der Waals surface area contributed by atoms with Crippen molar-refractivity contribution in [1.29, 1.82) is 0 Å². The largest absolute Gasteiger partial charge is 0.508 e. The Hall–Kier alpha value is -4.00. The summed E-state index contributed by atoms with van der Waals surface area (Å²) in [5.41, 5.74) is 9.34. The molecule has 0 radical (unpaired) electrons. The van der Waals surface area contributed by atoms with Crippen LogP contribution in [0.4, 0.5) is 0 Å². The maximum absolute atomic E-state index is 13.4. The van der Waals surface area contributed by atoms with E-state index in [1.807, 2.05) is 24.3 Å². The van der Waals surface area contributed by atoms with E-state index in [1.54, 1.807) is 23.5 Å². The summed E-state index contributed by atoms with van der Waals surface area (Å²) in [4.78, 5) is 29.4. The number of allylic oxidation sites excluding steroid dienone is 2. The monoisotopic (exact) mass is 808 g/mol. The molecule has 8 atom stereocenters. The molecule has 10 rings (SSSR count). The molecule has 4 saturated carbocycles. The van der Waals surface area contributed by atoms with Crippen molar-refractivity contribution in [2.24, 2.45) is 34.5 Å². The lowest BCUT2D eigenvalue weighted by Crippen LogP contribution is -2.42. The van der Waals surface area contributed by atoms with E-state index in [9.17, 15) is 19.8 Å². The highest BCUT2D eigenvalue weighted by molar-refractivity contribution is 7.98. The summed E-state index contributed by atoms with van der Waals surface area (Å²) in [5, 5.41) is 19.7. The number of benzene rings is 4. The van der Waals surface area contributed by atoms with Crippen LogP contribution in [0.1, 0.15) is 110 Å². The van der Waals surface area contributed by atoms with E-state index < -0.39 is 0 Å². The zero-order valence-electron chi connectivity index (χ0n) is 34.3. The molecule has 0 spiro atoms. The fourth-order valence-corrected chi connectivity index (χ4v) is 13.4. The summed E-state index contributed by atoms with van der Waals surface area (Å²) in [6.07, 6.45) is 18.7. The Morgan fingerprint density at radius 2 is 0.966 bits per heavy atom. The number of Topliss-reactive ketones (excluding diaryl/α,β-unsaturated/α-hetero) is 2. The number of fused-ring (bicyclic) bond motifs is 10. The Labute approximate surface area is 353 Å². The predicted octanol–water partition coefficient (Wildman–Crippen LogP) is 12.5. The number of rotatable bonds is 4. The third-order valence-corrected chi connectivity index (χ3v) is 17.1. The Balaban J connectivity index is 0.000000150. The van der Waals surface area contributed by atoms with Gasteiger partial charge in [0.1, 0.15) is 11.5 Å². The summed E-state index contributed by atoms with van der Waals surface area (Å²) >= 11 is 3.48. The molecule has 58 heavy (non-hydrogen) atoms. The number of hydrogen-bond donors (Lipinski definition) is 2. The number of carbonyl (C=O) groups is 2. The molecule has 4 aromatic rings. The van der Waals surface area contributed by atoms with Crippen molar-refractivity contribution in [2.75, 3.05) is 12.5 Å². The van der Waals surface area contributed by atoms with E-state index in [0.717, 1.165) is 86.5 Å². The van der Waals surface area contributed by atoms with Crippen molar-refractivity contribution < 1.29 is 19.8 Å². The number of carbonyl (C=O) groups excluding carboxylic acids is 2. The number of hydrogen-bond acceptors (Lipinski definition) is 6. The quantitative estimate of drug-likeness (QED) is 0.158. The topological polar surface area (TPSA) is 74.6 Å². The van der Waals surface area contributed by atoms with Crippen LogP contribution in [-0.4, -0.2) is 34.3 Å². The average Bonchev–Trinajstić information content (AvgIpc) is 3.64. The van der Waals surface area contributed by atoms with Gasteiger partial charge in [-0.15, -0.1) is 23.5 Å². The number of phenols is 2. The second-order valence-electron chi connectivity index (χ2n) is 18.5. The van der Waals surface area contributed by atoms with E-state index in [0.29, 0.717) is 58.6 Å². The lowest BCUT2D eigenvalue weighted by Gasteiger charge is -2.48. The van der Waals surface area contributed by atoms with Crippen molar-refractivity contribution in [3.8, 4) is 11.5 Å². The van der Waals surface area contributed by atoms with Gasteiger partial charge in [0.2, 0.25) is 0 Å². The summed E-state index contributed by atoms with van der Waals surface area (Å²) in [6, 6.07) is 28.9. The van der Waals surface area contributed by atoms with Gasteiger partial charge in [-0.05, 0) is 217 Å². The number of aryl methyl sites for hydroxylation is 2. The normalized spacial score (nSPS) is 32.0. The second-order valence-corrected chi connectivity index (χ2v) is 20.2. The fraction of sp³-hybridized carbons (Fsp3) is 0.423. The van der Waals surface area contributed by atoms with Crippen molar-refractivity contribution in [1.82, 2.24) is 0 Å². The van der Waals surface area contributed by atoms with Crippen molar-refractivity contribution in [2.45, 2.75) is 99.7 Å². The Bertz CT molecular complexity index is 2140. The predicted molar refractivity (Wildman–Crippen MR) is 239 cm³/mol. The van der Waals surface area contributed by atoms with E-state index in [-0.39, 0.29) is 10.8 Å². The molecule has 6 heteroatoms. The summed E-state index contributed by atoms with van der Waals surface area (Å²) in [6.45, 7) is 4.44. The molecule has 0 unspecified atom stereocenters. The molecular formula is C52H56O4S2. The van der Waals surface area contributed by atoms with Gasteiger partial charge in [-0.1, -0.05) is 50.2 Å². The molecule has 0 aromatic heterocycles. The van der Waals surface area contributed by atoms with Crippen LogP contribution in [0, 0.1) is 34.5 Å². The van der Waals surface area contributed by atoms with E-state index in [1.165, 1.54) is 32.0 Å². The van der Waals surface area contributed by atoms with E-state index >= 15 is 0 Å². The Morgan fingerprint density at radius 1 is 0.569 bits per heavy atom. The number of phenolic OH excluding ortho intramolecular Hbond substituents is 2. The third kappa shape index (κ3) is 6.90. The molecule has 4 nitrogen and oxygen atoms in total. The van der Waals surface area contributed by atoms with Crippen molar-refractivity contribution >= 4 is 47.2 Å². The molecule has 6 aliphatic rings. The highest BCUT2D eigenvalue weighted by Crippen LogP contribution is 2.62. The highest BCUT2D eigenvalue weighted by Gasteiger charge is 2.57. The summed E-state index contributed by atoms with van der Waals surface area (Å²) in [7, 11) is 0. The molecule has 0 aliphatic heterocycles. The van der Waals surface area contributed by atoms with Gasteiger partial charge in [-0.3, -0.25) is 9.59 Å². The zero-order valence-corrected chi connectivity index (χ0v) is 35.9. The SMILES string of the molecule is CSc1ccc(/C=C2\C[C@H]3[C@@H]4CCc5cc(O)ccc5[C@H]4CC[C@]3(C)C2=O)cc1.CSc1ccc(/C=C2\C[C@H]3[C@@H]4CCc5cc(O)ccc5[C@H]4CC[C@]3(C)C2=O)cc1. The smallest absolute Gasteiger partial charge is 0.165 e. The van der Waals surface area contributed by atoms with E-state index in [4.69, 9.17) is 0 Å². The summed E-state index contributed by atoms with van der Waals surface area (Å²) < 4.78 is 0. The Morgan fingerprint density at radius 3 is 1.34 bits per heavy atom. The van der Waals surface area contributed by atoms with Gasteiger partial charge in [0, 0.05) is 20.6 Å². The van der Waals surface area contributed by atoms with Gasteiger partial charge in [0.15, 0.2) is 11.6 Å². The van der Waals surface area contributed by atoms with Crippen LogP contribution in [-0.2, 0) is 22.4 Å². The first-order valence-electron chi connectivity index (χ1n) is 21.4. The highest BCUT2D eigenvalue weighted by atomic mass is 32.2. The van der Waals surface area contributed by atoms with Gasteiger partial charge in [0.25, 0.3) is 0 Å². The molecule has 300 valence electrons. The van der Waals surface area contributed by atoms with Crippen LogP contribution >= 0.6 is 23.5 Å².